The number of benzene rings is 2. The predicted molar refractivity (Wildman–Crippen MR) is 104 cm³/mol. The van der Waals surface area contributed by atoms with Crippen LogP contribution < -0.4 is 10.6 Å². The van der Waals surface area contributed by atoms with Crippen molar-refractivity contribution >= 4 is 17.9 Å². The van der Waals surface area contributed by atoms with Crippen LogP contribution in [0.2, 0.25) is 0 Å². The standard InChI is InChI=1S/C22H20N2O3/c1-16-8-5-6-12-19(16)21(25)24-20(14-18-11-7-13-27-18)22(26)23-15-17-9-3-2-4-10-17/h2-14H,15H2,1H3,(H,23,26)(H,24,25)/b20-14-. The minimum Gasteiger partial charge on any atom is -0.465 e. The zero-order chi connectivity index (χ0) is 19.1. The molecular formula is C22H20N2O3. The van der Waals surface area contributed by atoms with Crippen molar-refractivity contribution < 1.29 is 14.0 Å². The third-order valence-corrected chi connectivity index (χ3v) is 4.01. The lowest BCUT2D eigenvalue weighted by atomic mass is 10.1. The molecule has 0 unspecified atom stereocenters. The summed E-state index contributed by atoms with van der Waals surface area (Å²) in [5.74, 6) is -0.261. The molecule has 2 amide bonds. The maximum absolute atomic E-state index is 12.7. The summed E-state index contributed by atoms with van der Waals surface area (Å²) >= 11 is 0. The fraction of sp³-hybridized carbons (Fsp3) is 0.0909. The molecule has 0 aliphatic heterocycles. The minimum atomic E-state index is -0.391. The third-order valence-electron chi connectivity index (χ3n) is 4.01. The van der Waals surface area contributed by atoms with E-state index in [9.17, 15) is 9.59 Å². The van der Waals surface area contributed by atoms with E-state index < -0.39 is 5.91 Å². The van der Waals surface area contributed by atoms with Gasteiger partial charge in [-0.2, -0.15) is 0 Å². The Morgan fingerprint density at radius 3 is 2.41 bits per heavy atom. The molecule has 3 rings (SSSR count). The van der Waals surface area contributed by atoms with Crippen molar-refractivity contribution in [2.24, 2.45) is 0 Å². The maximum atomic E-state index is 12.7. The number of hydrogen-bond donors (Lipinski definition) is 2. The van der Waals surface area contributed by atoms with Crippen molar-refractivity contribution in [3.05, 3.63) is 101 Å². The molecule has 27 heavy (non-hydrogen) atoms. The van der Waals surface area contributed by atoms with Crippen LogP contribution in [0, 0.1) is 6.92 Å². The summed E-state index contributed by atoms with van der Waals surface area (Å²) in [6.45, 7) is 2.20. The topological polar surface area (TPSA) is 71.3 Å². The van der Waals surface area contributed by atoms with E-state index in [1.54, 1.807) is 24.3 Å². The monoisotopic (exact) mass is 360 g/mol. The van der Waals surface area contributed by atoms with Crippen LogP contribution in [-0.4, -0.2) is 11.8 Å². The van der Waals surface area contributed by atoms with Crippen LogP contribution in [-0.2, 0) is 11.3 Å². The van der Waals surface area contributed by atoms with Gasteiger partial charge in [-0.1, -0.05) is 48.5 Å². The van der Waals surface area contributed by atoms with Gasteiger partial charge in [0.1, 0.15) is 11.5 Å². The van der Waals surface area contributed by atoms with E-state index in [-0.39, 0.29) is 11.6 Å². The fourth-order valence-corrected chi connectivity index (χ4v) is 2.56. The van der Waals surface area contributed by atoms with Gasteiger partial charge in [0, 0.05) is 18.2 Å². The van der Waals surface area contributed by atoms with Crippen molar-refractivity contribution in [3.63, 3.8) is 0 Å². The highest BCUT2D eigenvalue weighted by atomic mass is 16.3. The van der Waals surface area contributed by atoms with Gasteiger partial charge < -0.3 is 15.1 Å². The van der Waals surface area contributed by atoms with Gasteiger partial charge in [-0.05, 0) is 36.2 Å². The lowest BCUT2D eigenvalue weighted by molar-refractivity contribution is -0.117. The first-order valence-corrected chi connectivity index (χ1v) is 8.58. The molecule has 0 aliphatic carbocycles. The molecule has 0 saturated carbocycles. The lowest BCUT2D eigenvalue weighted by Gasteiger charge is -2.12. The van der Waals surface area contributed by atoms with E-state index >= 15 is 0 Å². The number of carbonyl (C=O) groups excluding carboxylic acids is 2. The number of nitrogens with one attached hydrogen (secondary N) is 2. The Hall–Kier alpha value is -3.60. The van der Waals surface area contributed by atoms with E-state index in [4.69, 9.17) is 4.42 Å². The average molecular weight is 360 g/mol. The summed E-state index contributed by atoms with van der Waals surface area (Å²) in [5.41, 5.74) is 2.43. The van der Waals surface area contributed by atoms with Gasteiger partial charge in [0.05, 0.1) is 6.26 Å². The van der Waals surface area contributed by atoms with Gasteiger partial charge in [0.15, 0.2) is 0 Å². The minimum absolute atomic E-state index is 0.120. The molecule has 0 bridgehead atoms. The molecule has 1 aromatic heterocycles. The Balaban J connectivity index is 1.78. The van der Waals surface area contributed by atoms with Gasteiger partial charge in [-0.15, -0.1) is 0 Å². The molecule has 1 heterocycles. The van der Waals surface area contributed by atoms with Gasteiger partial charge >= 0.3 is 0 Å². The van der Waals surface area contributed by atoms with E-state index in [0.29, 0.717) is 17.9 Å². The Bertz CT molecular complexity index is 945. The first-order chi connectivity index (χ1) is 13.1. The number of carbonyl (C=O) groups is 2. The molecule has 5 heteroatoms. The molecule has 0 fully saturated rings. The Morgan fingerprint density at radius 2 is 1.70 bits per heavy atom. The van der Waals surface area contributed by atoms with Crippen LogP contribution in [0.5, 0.6) is 0 Å². The SMILES string of the molecule is Cc1ccccc1C(=O)N/C(=C\c1ccco1)C(=O)NCc1ccccc1. The summed E-state index contributed by atoms with van der Waals surface area (Å²) in [6, 6.07) is 20.2. The second-order valence-corrected chi connectivity index (χ2v) is 6.01. The predicted octanol–water partition coefficient (Wildman–Crippen LogP) is 3.68. The molecule has 5 nitrogen and oxygen atoms in total. The normalized spacial score (nSPS) is 11.1. The molecule has 0 aliphatic rings. The number of furan rings is 1. The average Bonchev–Trinajstić information content (AvgIpc) is 3.20. The molecule has 2 aromatic carbocycles. The second-order valence-electron chi connectivity index (χ2n) is 6.01. The number of rotatable bonds is 6. The van der Waals surface area contributed by atoms with Crippen molar-refractivity contribution in [1.29, 1.82) is 0 Å². The highest BCUT2D eigenvalue weighted by Gasteiger charge is 2.16. The van der Waals surface area contributed by atoms with Crippen LogP contribution in [0.15, 0.2) is 83.1 Å². The van der Waals surface area contributed by atoms with Gasteiger partial charge in [-0.25, -0.2) is 0 Å². The molecule has 3 aromatic rings. The zero-order valence-electron chi connectivity index (χ0n) is 14.9. The maximum Gasteiger partial charge on any atom is 0.268 e. The molecule has 0 saturated heterocycles. The van der Waals surface area contributed by atoms with E-state index in [2.05, 4.69) is 10.6 Å². The summed E-state index contributed by atoms with van der Waals surface area (Å²) in [6.07, 6.45) is 3.02. The first-order valence-electron chi connectivity index (χ1n) is 8.58. The number of aryl methyl sites for hydroxylation is 1. The van der Waals surface area contributed by atoms with Crippen molar-refractivity contribution in [3.8, 4) is 0 Å². The first kappa shape index (κ1) is 18.2. The molecule has 0 radical (unpaired) electrons. The summed E-state index contributed by atoms with van der Waals surface area (Å²) in [7, 11) is 0. The van der Waals surface area contributed by atoms with Crippen LogP contribution in [0.3, 0.4) is 0 Å². The molecule has 0 spiro atoms. The lowest BCUT2D eigenvalue weighted by Crippen LogP contribution is -2.34. The number of hydrogen-bond acceptors (Lipinski definition) is 3. The van der Waals surface area contributed by atoms with Crippen LogP contribution in [0.25, 0.3) is 6.08 Å². The summed E-state index contributed by atoms with van der Waals surface area (Å²) in [4.78, 5) is 25.3. The quantitative estimate of drug-likeness (QED) is 0.659. The molecule has 136 valence electrons. The highest BCUT2D eigenvalue weighted by molar-refractivity contribution is 6.05. The Kier molecular flexibility index (Phi) is 5.84. The van der Waals surface area contributed by atoms with Gasteiger partial charge in [-0.3, -0.25) is 9.59 Å². The second kappa shape index (κ2) is 8.67. The number of amides is 2. The van der Waals surface area contributed by atoms with E-state index in [1.165, 1.54) is 12.3 Å². The van der Waals surface area contributed by atoms with Crippen molar-refractivity contribution in [1.82, 2.24) is 10.6 Å². The Morgan fingerprint density at radius 1 is 0.963 bits per heavy atom. The van der Waals surface area contributed by atoms with Crippen LogP contribution in [0.1, 0.15) is 27.2 Å². The third kappa shape index (κ3) is 4.95. The van der Waals surface area contributed by atoms with Crippen LogP contribution >= 0.6 is 0 Å². The zero-order valence-corrected chi connectivity index (χ0v) is 14.9. The smallest absolute Gasteiger partial charge is 0.268 e. The van der Waals surface area contributed by atoms with Gasteiger partial charge in [0.2, 0.25) is 0 Å². The molecule has 2 N–H and O–H groups in total. The fourth-order valence-electron chi connectivity index (χ4n) is 2.56. The Labute approximate surface area is 157 Å². The van der Waals surface area contributed by atoms with Crippen LogP contribution in [0.4, 0.5) is 0 Å². The van der Waals surface area contributed by atoms with Gasteiger partial charge in [0.25, 0.3) is 11.8 Å². The largest absolute Gasteiger partial charge is 0.465 e. The summed E-state index contributed by atoms with van der Waals surface area (Å²) < 4.78 is 5.28. The van der Waals surface area contributed by atoms with E-state index in [1.807, 2.05) is 49.4 Å². The summed E-state index contributed by atoms with van der Waals surface area (Å²) in [5, 5.41) is 5.52. The molecular weight excluding hydrogens is 340 g/mol. The van der Waals surface area contributed by atoms with Crippen molar-refractivity contribution in [2.75, 3.05) is 0 Å². The molecule has 0 atom stereocenters. The highest BCUT2D eigenvalue weighted by Crippen LogP contribution is 2.10. The van der Waals surface area contributed by atoms with E-state index in [0.717, 1.165) is 11.1 Å². The van der Waals surface area contributed by atoms with Crippen molar-refractivity contribution in [2.45, 2.75) is 13.5 Å².